The molecule has 0 bridgehead atoms. The summed E-state index contributed by atoms with van der Waals surface area (Å²) in [6.07, 6.45) is 6.98. The highest BCUT2D eigenvalue weighted by Crippen LogP contribution is 2.26. The fourth-order valence-electron chi connectivity index (χ4n) is 3.44. The molecule has 0 spiro atoms. The van der Waals surface area contributed by atoms with E-state index in [1.807, 2.05) is 4.90 Å². The molecule has 2 saturated heterocycles. The van der Waals surface area contributed by atoms with E-state index in [0.29, 0.717) is 5.92 Å². The lowest BCUT2D eigenvalue weighted by atomic mass is 9.95. The number of piperidine rings is 2. The Labute approximate surface area is 125 Å². The Kier molecular flexibility index (Phi) is 4.53. The fourth-order valence-corrected chi connectivity index (χ4v) is 3.44. The highest BCUT2D eigenvalue weighted by atomic mass is 16.5. The van der Waals surface area contributed by atoms with Crippen LogP contribution < -0.4 is 0 Å². The summed E-state index contributed by atoms with van der Waals surface area (Å²) in [4.78, 5) is 21.1. The van der Waals surface area contributed by atoms with Crippen LogP contribution in [0.5, 0.6) is 0 Å². The van der Waals surface area contributed by atoms with Gasteiger partial charge in [-0.25, -0.2) is 0 Å². The lowest BCUT2D eigenvalue weighted by molar-refractivity contribution is -0.137. The number of hydrogen-bond acceptors (Lipinski definition) is 5. The van der Waals surface area contributed by atoms with Gasteiger partial charge >= 0.3 is 0 Å². The Morgan fingerprint density at radius 3 is 2.57 bits per heavy atom. The number of likely N-dealkylation sites (tertiary alicyclic amines) is 2. The van der Waals surface area contributed by atoms with Crippen molar-refractivity contribution in [3.63, 3.8) is 0 Å². The van der Waals surface area contributed by atoms with Crippen LogP contribution in [0, 0.1) is 0 Å². The van der Waals surface area contributed by atoms with Gasteiger partial charge in [0.25, 0.3) is 0 Å². The summed E-state index contributed by atoms with van der Waals surface area (Å²) >= 11 is 0. The van der Waals surface area contributed by atoms with Crippen molar-refractivity contribution >= 4 is 5.91 Å². The van der Waals surface area contributed by atoms with Crippen molar-refractivity contribution in [2.45, 2.75) is 51.0 Å². The van der Waals surface area contributed by atoms with Crippen LogP contribution in [0.1, 0.15) is 50.8 Å². The van der Waals surface area contributed by atoms with E-state index in [-0.39, 0.29) is 11.9 Å². The molecule has 0 N–H and O–H groups in total. The third kappa shape index (κ3) is 3.26. The van der Waals surface area contributed by atoms with Gasteiger partial charge in [-0.1, -0.05) is 11.6 Å². The third-order valence-corrected chi connectivity index (χ3v) is 4.85. The summed E-state index contributed by atoms with van der Waals surface area (Å²) < 4.78 is 4.81. The maximum atomic E-state index is 12.6. The van der Waals surface area contributed by atoms with E-state index in [9.17, 15) is 4.79 Å². The molecule has 1 aromatic rings. The van der Waals surface area contributed by atoms with Crippen LogP contribution in [0.2, 0.25) is 0 Å². The first-order valence-corrected chi connectivity index (χ1v) is 8.05. The van der Waals surface area contributed by atoms with E-state index in [1.54, 1.807) is 0 Å². The molecule has 3 rings (SSSR count). The number of rotatable bonds is 3. The highest BCUT2D eigenvalue weighted by molar-refractivity contribution is 5.81. The van der Waals surface area contributed by atoms with E-state index in [4.69, 9.17) is 4.52 Å². The van der Waals surface area contributed by atoms with Crippen LogP contribution in [-0.2, 0) is 4.79 Å². The fraction of sp³-hybridized carbons (Fsp3) is 0.800. The summed E-state index contributed by atoms with van der Waals surface area (Å²) in [7, 11) is 0. The van der Waals surface area contributed by atoms with Gasteiger partial charge in [0, 0.05) is 19.0 Å². The lowest BCUT2D eigenvalue weighted by Gasteiger charge is -2.37. The van der Waals surface area contributed by atoms with Gasteiger partial charge in [-0.2, -0.15) is 4.98 Å². The molecule has 0 saturated carbocycles. The number of hydrogen-bond donors (Lipinski definition) is 0. The predicted octanol–water partition coefficient (Wildman–Crippen LogP) is 1.65. The molecule has 1 unspecified atom stereocenters. The number of aromatic nitrogens is 2. The van der Waals surface area contributed by atoms with Gasteiger partial charge in [-0.05, 0) is 45.7 Å². The van der Waals surface area contributed by atoms with Crippen LogP contribution in [0.4, 0.5) is 0 Å². The number of nitrogens with zero attached hydrogens (tertiary/aromatic N) is 4. The van der Waals surface area contributed by atoms with Crippen LogP contribution in [-0.4, -0.2) is 58.1 Å². The highest BCUT2D eigenvalue weighted by Gasteiger charge is 2.31. The molecule has 2 aliphatic heterocycles. The molecule has 1 aromatic heterocycles. The largest absolute Gasteiger partial charge is 0.343 e. The average molecular weight is 292 g/mol. The molecular formula is C15H24N4O2. The van der Waals surface area contributed by atoms with Crippen LogP contribution in [0.25, 0.3) is 0 Å². The van der Waals surface area contributed by atoms with Crippen LogP contribution >= 0.6 is 0 Å². The summed E-state index contributed by atoms with van der Waals surface area (Å²) in [5.74, 6) is 1.40. The number of carbonyl (C=O) groups is 1. The summed E-state index contributed by atoms with van der Waals surface area (Å²) in [6.45, 7) is 5.78. The average Bonchev–Trinajstić information content (AvgIpc) is 3.09. The third-order valence-electron chi connectivity index (χ3n) is 4.85. The van der Waals surface area contributed by atoms with Gasteiger partial charge in [0.15, 0.2) is 5.82 Å². The molecule has 21 heavy (non-hydrogen) atoms. The van der Waals surface area contributed by atoms with Gasteiger partial charge in [0.2, 0.25) is 12.3 Å². The normalized spacial score (nSPS) is 23.2. The molecule has 0 aliphatic carbocycles. The lowest BCUT2D eigenvalue weighted by Crippen LogP contribution is -2.50. The van der Waals surface area contributed by atoms with E-state index >= 15 is 0 Å². The first-order valence-electron chi connectivity index (χ1n) is 8.05. The second-order valence-electron chi connectivity index (χ2n) is 6.16. The Hall–Kier alpha value is -1.43. The molecule has 1 amide bonds. The minimum absolute atomic E-state index is 0.0204. The minimum Gasteiger partial charge on any atom is -0.343 e. The van der Waals surface area contributed by atoms with Gasteiger partial charge in [-0.15, -0.1) is 0 Å². The SMILES string of the molecule is CC(C(=O)N1CCC(c2ncon2)CC1)N1CCCCC1. The zero-order valence-corrected chi connectivity index (χ0v) is 12.7. The molecule has 2 fully saturated rings. The van der Waals surface area contributed by atoms with E-state index in [2.05, 4.69) is 22.0 Å². The van der Waals surface area contributed by atoms with Gasteiger partial charge in [-0.3, -0.25) is 9.69 Å². The Morgan fingerprint density at radius 2 is 1.95 bits per heavy atom. The summed E-state index contributed by atoms with van der Waals surface area (Å²) in [5.41, 5.74) is 0. The van der Waals surface area contributed by atoms with Crippen molar-refractivity contribution < 1.29 is 9.32 Å². The van der Waals surface area contributed by atoms with Crippen molar-refractivity contribution in [1.82, 2.24) is 19.9 Å². The molecule has 2 aliphatic rings. The van der Waals surface area contributed by atoms with Gasteiger partial charge in [0.1, 0.15) is 0 Å². The van der Waals surface area contributed by atoms with Crippen molar-refractivity contribution in [3.05, 3.63) is 12.2 Å². The van der Waals surface area contributed by atoms with Gasteiger partial charge < -0.3 is 9.42 Å². The first-order chi connectivity index (χ1) is 10.3. The van der Waals surface area contributed by atoms with Crippen LogP contribution in [0.15, 0.2) is 10.9 Å². The van der Waals surface area contributed by atoms with E-state index < -0.39 is 0 Å². The quantitative estimate of drug-likeness (QED) is 0.847. The zero-order valence-electron chi connectivity index (χ0n) is 12.7. The second-order valence-corrected chi connectivity index (χ2v) is 6.16. The standard InChI is InChI=1S/C15H24N4O2/c1-12(18-7-3-2-4-8-18)15(20)19-9-5-13(6-10-19)14-16-11-21-17-14/h11-13H,2-10H2,1H3. The minimum atomic E-state index is 0.0204. The number of amides is 1. The first kappa shape index (κ1) is 14.5. The summed E-state index contributed by atoms with van der Waals surface area (Å²) in [5, 5.41) is 3.92. The Morgan fingerprint density at radius 1 is 1.24 bits per heavy atom. The molecule has 1 atom stereocenters. The molecule has 0 radical (unpaired) electrons. The molecule has 6 nitrogen and oxygen atoms in total. The van der Waals surface area contributed by atoms with Crippen molar-refractivity contribution in [1.29, 1.82) is 0 Å². The molecule has 116 valence electrons. The molecule has 0 aromatic carbocycles. The molecular weight excluding hydrogens is 268 g/mol. The topological polar surface area (TPSA) is 62.5 Å². The molecule has 6 heteroatoms. The predicted molar refractivity (Wildman–Crippen MR) is 77.7 cm³/mol. The van der Waals surface area contributed by atoms with Gasteiger partial charge in [0.05, 0.1) is 6.04 Å². The van der Waals surface area contributed by atoms with Crippen molar-refractivity contribution in [2.75, 3.05) is 26.2 Å². The summed E-state index contributed by atoms with van der Waals surface area (Å²) in [6, 6.07) is 0.0204. The number of carbonyl (C=O) groups excluding carboxylic acids is 1. The second kappa shape index (κ2) is 6.56. The van der Waals surface area contributed by atoms with Crippen molar-refractivity contribution in [3.8, 4) is 0 Å². The van der Waals surface area contributed by atoms with Crippen molar-refractivity contribution in [2.24, 2.45) is 0 Å². The maximum Gasteiger partial charge on any atom is 0.239 e. The Bertz CT molecular complexity index is 448. The zero-order chi connectivity index (χ0) is 14.7. The Balaban J connectivity index is 1.52. The molecule has 3 heterocycles. The van der Waals surface area contributed by atoms with E-state index in [0.717, 1.165) is 44.8 Å². The van der Waals surface area contributed by atoms with E-state index in [1.165, 1.54) is 25.7 Å². The maximum absolute atomic E-state index is 12.6. The van der Waals surface area contributed by atoms with Crippen LogP contribution in [0.3, 0.4) is 0 Å². The monoisotopic (exact) mass is 292 g/mol. The smallest absolute Gasteiger partial charge is 0.239 e.